The average molecular weight is 359 g/mol. The summed E-state index contributed by atoms with van der Waals surface area (Å²) < 4.78 is 4.75. The number of imidazole rings is 1. The third-order valence-corrected chi connectivity index (χ3v) is 5.12. The number of amides is 1. The van der Waals surface area contributed by atoms with Gasteiger partial charge in [-0.3, -0.25) is 14.5 Å². The van der Waals surface area contributed by atoms with Gasteiger partial charge in [0.05, 0.1) is 34.5 Å². The number of anilines is 1. The van der Waals surface area contributed by atoms with Gasteiger partial charge in [-0.05, 0) is 40.1 Å². The first kappa shape index (κ1) is 14.2. The highest BCUT2D eigenvalue weighted by Crippen LogP contribution is 2.50. The van der Waals surface area contributed by atoms with E-state index in [0.29, 0.717) is 27.8 Å². The van der Waals surface area contributed by atoms with Gasteiger partial charge in [0, 0.05) is 5.69 Å². The predicted molar refractivity (Wildman–Crippen MR) is 92.7 cm³/mol. The highest BCUT2D eigenvalue weighted by atomic mass is 16.6. The standard InChI is InChI=1S/C18H9N5O4/c24-16-12-8(2-4-10-14(12)22-27-21-10)15-13(16)17(25)18(26)23(15)7-1-3-9-11(5-7)20-6-19-9/h1-6,15,24H,(H,19,20). The second-order valence-electron chi connectivity index (χ2n) is 6.43. The van der Waals surface area contributed by atoms with Gasteiger partial charge in [0.1, 0.15) is 16.8 Å². The molecule has 2 aliphatic rings. The molecule has 1 aliphatic carbocycles. The maximum absolute atomic E-state index is 12.7. The summed E-state index contributed by atoms with van der Waals surface area (Å²) in [6.07, 6.45) is 1.56. The van der Waals surface area contributed by atoms with Gasteiger partial charge in [0.2, 0.25) is 0 Å². The van der Waals surface area contributed by atoms with Crippen LogP contribution >= 0.6 is 0 Å². The molecule has 1 atom stereocenters. The van der Waals surface area contributed by atoms with Crippen LogP contribution in [-0.2, 0) is 9.59 Å². The van der Waals surface area contributed by atoms with Gasteiger partial charge in [-0.15, -0.1) is 0 Å². The van der Waals surface area contributed by atoms with E-state index < -0.39 is 17.7 Å². The fourth-order valence-corrected chi connectivity index (χ4v) is 3.94. The van der Waals surface area contributed by atoms with Crippen molar-refractivity contribution in [2.45, 2.75) is 6.04 Å². The number of aromatic nitrogens is 4. The van der Waals surface area contributed by atoms with E-state index in [4.69, 9.17) is 4.63 Å². The third-order valence-electron chi connectivity index (χ3n) is 5.12. The predicted octanol–water partition coefficient (Wildman–Crippen LogP) is 2.04. The molecular formula is C18H9N5O4. The van der Waals surface area contributed by atoms with Crippen molar-refractivity contribution in [3.8, 4) is 0 Å². The number of H-pyrrole nitrogens is 1. The highest BCUT2D eigenvalue weighted by molar-refractivity contribution is 6.52. The largest absolute Gasteiger partial charge is 0.507 e. The molecule has 130 valence electrons. The number of carbonyl (C=O) groups is 2. The van der Waals surface area contributed by atoms with Gasteiger partial charge in [-0.1, -0.05) is 6.07 Å². The maximum atomic E-state index is 12.7. The number of nitrogens with zero attached hydrogens (tertiary/aromatic N) is 4. The molecule has 1 amide bonds. The van der Waals surface area contributed by atoms with Gasteiger partial charge in [0.15, 0.2) is 0 Å². The Hall–Kier alpha value is -4.01. The summed E-state index contributed by atoms with van der Waals surface area (Å²) in [4.78, 5) is 33.9. The molecule has 4 aromatic rings. The van der Waals surface area contributed by atoms with E-state index >= 15 is 0 Å². The molecule has 0 bridgehead atoms. The second kappa shape index (κ2) is 4.58. The number of rotatable bonds is 1. The molecule has 9 nitrogen and oxygen atoms in total. The maximum Gasteiger partial charge on any atom is 0.300 e. The molecule has 1 unspecified atom stereocenters. The van der Waals surface area contributed by atoms with Crippen LogP contribution in [0.15, 0.2) is 46.9 Å². The molecule has 9 heteroatoms. The molecule has 0 saturated carbocycles. The lowest BCUT2D eigenvalue weighted by Gasteiger charge is -2.23. The summed E-state index contributed by atoms with van der Waals surface area (Å²) in [6.45, 7) is 0. The van der Waals surface area contributed by atoms with Gasteiger partial charge >= 0.3 is 0 Å². The lowest BCUT2D eigenvalue weighted by atomic mass is 10.0. The minimum absolute atomic E-state index is 0.0511. The zero-order valence-electron chi connectivity index (χ0n) is 13.5. The Morgan fingerprint density at radius 1 is 1.11 bits per heavy atom. The van der Waals surface area contributed by atoms with Crippen LogP contribution in [0.4, 0.5) is 5.69 Å². The van der Waals surface area contributed by atoms with Crippen molar-refractivity contribution in [1.82, 2.24) is 20.3 Å². The van der Waals surface area contributed by atoms with Crippen LogP contribution in [-0.4, -0.2) is 37.1 Å². The van der Waals surface area contributed by atoms with Gasteiger partial charge in [0.25, 0.3) is 11.7 Å². The van der Waals surface area contributed by atoms with Crippen molar-refractivity contribution in [3.63, 3.8) is 0 Å². The summed E-state index contributed by atoms with van der Waals surface area (Å²) in [5.74, 6) is -1.67. The zero-order chi connectivity index (χ0) is 18.3. The second-order valence-corrected chi connectivity index (χ2v) is 6.43. The Labute approximate surface area is 149 Å². The summed E-state index contributed by atoms with van der Waals surface area (Å²) >= 11 is 0. The Kier molecular flexibility index (Phi) is 2.41. The Morgan fingerprint density at radius 3 is 2.85 bits per heavy atom. The number of carbonyl (C=O) groups excluding carboxylic acids is 2. The lowest BCUT2D eigenvalue weighted by molar-refractivity contribution is -0.132. The summed E-state index contributed by atoms with van der Waals surface area (Å²) in [5, 5.41) is 18.3. The topological polar surface area (TPSA) is 125 Å². The van der Waals surface area contributed by atoms with Gasteiger partial charge in [-0.2, -0.15) is 0 Å². The molecule has 0 radical (unpaired) electrons. The highest BCUT2D eigenvalue weighted by Gasteiger charge is 2.52. The van der Waals surface area contributed by atoms with E-state index in [1.54, 1.807) is 36.7 Å². The molecule has 3 heterocycles. The van der Waals surface area contributed by atoms with E-state index in [2.05, 4.69) is 20.3 Å². The molecule has 0 spiro atoms. The molecule has 1 aliphatic heterocycles. The molecule has 2 aromatic carbocycles. The van der Waals surface area contributed by atoms with Crippen LogP contribution in [0.1, 0.15) is 17.2 Å². The summed E-state index contributed by atoms with van der Waals surface area (Å²) in [6, 6.07) is 7.93. The number of fused-ring (bicyclic) bond motifs is 6. The zero-order valence-corrected chi connectivity index (χ0v) is 13.5. The lowest BCUT2D eigenvalue weighted by Crippen LogP contribution is -2.29. The number of Topliss-reactive ketones (excluding diaryl/α,β-unsaturated/α-hetero) is 1. The van der Waals surface area contributed by atoms with Crippen molar-refractivity contribution >= 4 is 45.2 Å². The Bertz CT molecular complexity index is 1350. The SMILES string of the molecule is O=C1C(=O)N(c2ccc3nc[nH]c3c2)C2C1=C(O)c1c2ccc2nonc12. The molecular weight excluding hydrogens is 350 g/mol. The summed E-state index contributed by atoms with van der Waals surface area (Å²) in [7, 11) is 0. The normalized spacial score (nSPS) is 18.8. The number of aromatic amines is 1. The fraction of sp³-hybridized carbons (Fsp3) is 0.0556. The van der Waals surface area contributed by atoms with Crippen molar-refractivity contribution in [1.29, 1.82) is 0 Å². The first-order valence-corrected chi connectivity index (χ1v) is 8.15. The molecule has 27 heavy (non-hydrogen) atoms. The minimum Gasteiger partial charge on any atom is -0.507 e. The Morgan fingerprint density at radius 2 is 1.96 bits per heavy atom. The number of nitrogens with one attached hydrogen (secondary N) is 1. The molecule has 6 rings (SSSR count). The van der Waals surface area contributed by atoms with Crippen molar-refractivity contribution in [3.05, 3.63) is 53.4 Å². The molecule has 2 aromatic heterocycles. The van der Waals surface area contributed by atoms with Crippen LogP contribution in [0.2, 0.25) is 0 Å². The molecule has 2 N–H and O–H groups in total. The van der Waals surface area contributed by atoms with E-state index in [1.165, 1.54) is 4.90 Å². The van der Waals surface area contributed by atoms with E-state index in [-0.39, 0.29) is 11.3 Å². The quantitative estimate of drug-likeness (QED) is 0.498. The molecule has 1 saturated heterocycles. The van der Waals surface area contributed by atoms with Crippen LogP contribution in [0, 0.1) is 0 Å². The van der Waals surface area contributed by atoms with Gasteiger partial charge in [-0.25, -0.2) is 9.61 Å². The minimum atomic E-state index is -0.733. The third kappa shape index (κ3) is 1.61. The van der Waals surface area contributed by atoms with Gasteiger partial charge < -0.3 is 10.1 Å². The van der Waals surface area contributed by atoms with Crippen molar-refractivity contribution in [2.24, 2.45) is 0 Å². The molecule has 1 fully saturated rings. The number of aliphatic hydroxyl groups is 1. The van der Waals surface area contributed by atoms with E-state index in [1.807, 2.05) is 0 Å². The van der Waals surface area contributed by atoms with Crippen LogP contribution in [0.5, 0.6) is 0 Å². The van der Waals surface area contributed by atoms with Crippen LogP contribution in [0.25, 0.3) is 27.8 Å². The van der Waals surface area contributed by atoms with Crippen LogP contribution in [0.3, 0.4) is 0 Å². The monoisotopic (exact) mass is 359 g/mol. The van der Waals surface area contributed by atoms with Crippen molar-refractivity contribution < 1.29 is 19.3 Å². The Balaban J connectivity index is 1.62. The number of benzene rings is 2. The van der Waals surface area contributed by atoms with E-state index in [0.717, 1.165) is 11.0 Å². The number of aliphatic hydroxyl groups excluding tert-OH is 1. The number of hydrogen-bond acceptors (Lipinski definition) is 7. The number of ketones is 1. The average Bonchev–Trinajstić information content (AvgIpc) is 3.41. The number of hydrogen-bond donors (Lipinski definition) is 2. The van der Waals surface area contributed by atoms with E-state index in [9.17, 15) is 14.7 Å². The first-order chi connectivity index (χ1) is 13.1. The van der Waals surface area contributed by atoms with Crippen LogP contribution < -0.4 is 4.90 Å². The smallest absolute Gasteiger partial charge is 0.300 e. The summed E-state index contributed by atoms with van der Waals surface area (Å²) in [5.41, 5.74) is 3.87. The van der Waals surface area contributed by atoms with Crippen molar-refractivity contribution in [2.75, 3.05) is 4.90 Å². The fourth-order valence-electron chi connectivity index (χ4n) is 3.94. The first-order valence-electron chi connectivity index (χ1n) is 8.15.